The minimum absolute atomic E-state index is 0.0530. The summed E-state index contributed by atoms with van der Waals surface area (Å²) in [5.74, 6) is 1.28. The van der Waals surface area contributed by atoms with E-state index < -0.39 is 10.0 Å². The number of hydrogen-bond donors (Lipinski definition) is 0. The molecule has 168 valence electrons. The molecule has 5 rings (SSSR count). The first-order valence-electron chi connectivity index (χ1n) is 10.9. The van der Waals surface area contributed by atoms with E-state index in [1.807, 2.05) is 28.0 Å². The lowest BCUT2D eigenvalue weighted by atomic mass is 10.1. The van der Waals surface area contributed by atoms with Crippen molar-refractivity contribution in [1.29, 1.82) is 0 Å². The number of rotatable bonds is 3. The molecule has 0 aromatic heterocycles. The number of likely N-dealkylation sites (tertiary alicyclic amines) is 1. The minimum Gasteiger partial charge on any atom is -0.497 e. The largest absolute Gasteiger partial charge is 0.497 e. The summed E-state index contributed by atoms with van der Waals surface area (Å²) in [6.07, 6.45) is 1.54. The van der Waals surface area contributed by atoms with Gasteiger partial charge in [-0.3, -0.25) is 4.79 Å². The predicted octanol–water partition coefficient (Wildman–Crippen LogP) is 1.96. The maximum atomic E-state index is 13.4. The number of sulfonamides is 1. The molecule has 0 saturated carbocycles. The number of carbonyl (C=O) groups excluding carboxylic acids is 1. The third-order valence-corrected chi connectivity index (χ3v) is 7.76. The Morgan fingerprint density at radius 2 is 1.81 bits per heavy atom. The highest BCUT2D eigenvalue weighted by atomic mass is 32.2. The van der Waals surface area contributed by atoms with Gasteiger partial charge in [0.25, 0.3) is 10.0 Å². The topological polar surface area (TPSA) is 82.5 Å². The van der Waals surface area contributed by atoms with Crippen LogP contribution in [-0.2, 0) is 14.8 Å². The number of nitrogens with zero attached hydrogens (tertiary/aromatic N) is 4. The summed E-state index contributed by atoms with van der Waals surface area (Å²) in [6.45, 7) is 3.36. The number of ether oxygens (including phenoxy) is 1. The molecule has 32 heavy (non-hydrogen) atoms. The molecule has 2 aromatic rings. The summed E-state index contributed by atoms with van der Waals surface area (Å²) in [4.78, 5) is 19.7. The van der Waals surface area contributed by atoms with Crippen molar-refractivity contribution in [2.24, 2.45) is 4.40 Å². The molecule has 3 aliphatic heterocycles. The Morgan fingerprint density at radius 3 is 2.59 bits per heavy atom. The third kappa shape index (κ3) is 3.60. The molecule has 1 atom stereocenters. The van der Waals surface area contributed by atoms with Crippen molar-refractivity contribution in [3.63, 3.8) is 0 Å². The fourth-order valence-electron chi connectivity index (χ4n) is 4.78. The zero-order valence-electron chi connectivity index (χ0n) is 18.0. The average molecular weight is 455 g/mol. The number of anilines is 1. The van der Waals surface area contributed by atoms with Gasteiger partial charge in [-0.15, -0.1) is 4.40 Å². The summed E-state index contributed by atoms with van der Waals surface area (Å²) < 4.78 is 34.3. The maximum absolute atomic E-state index is 13.4. The molecule has 2 fully saturated rings. The summed E-state index contributed by atoms with van der Waals surface area (Å²) in [7, 11) is -2.05. The highest BCUT2D eigenvalue weighted by Crippen LogP contribution is 2.32. The number of piperazine rings is 1. The molecule has 9 heteroatoms. The van der Waals surface area contributed by atoms with Gasteiger partial charge in [-0.25, -0.2) is 0 Å². The van der Waals surface area contributed by atoms with Crippen LogP contribution in [0.5, 0.6) is 5.75 Å². The molecule has 0 bridgehead atoms. The van der Waals surface area contributed by atoms with Gasteiger partial charge in [-0.2, -0.15) is 8.42 Å². The summed E-state index contributed by atoms with van der Waals surface area (Å²) in [5, 5.41) is 0. The molecule has 0 radical (unpaired) electrons. The average Bonchev–Trinajstić information content (AvgIpc) is 3.41. The van der Waals surface area contributed by atoms with Crippen LogP contribution in [0.15, 0.2) is 57.8 Å². The smallest absolute Gasteiger partial charge is 0.285 e. The first-order valence-corrected chi connectivity index (χ1v) is 12.3. The Morgan fingerprint density at radius 1 is 1.03 bits per heavy atom. The summed E-state index contributed by atoms with van der Waals surface area (Å²) in [5.41, 5.74) is 1.68. The summed E-state index contributed by atoms with van der Waals surface area (Å²) in [6, 6.07) is 14.4. The van der Waals surface area contributed by atoms with E-state index in [2.05, 4.69) is 15.4 Å². The van der Waals surface area contributed by atoms with Crippen LogP contribution in [-0.4, -0.2) is 75.8 Å². The van der Waals surface area contributed by atoms with Gasteiger partial charge in [0.1, 0.15) is 16.7 Å². The quantitative estimate of drug-likeness (QED) is 0.705. The van der Waals surface area contributed by atoms with Crippen LogP contribution >= 0.6 is 0 Å². The first kappa shape index (κ1) is 20.8. The van der Waals surface area contributed by atoms with Gasteiger partial charge in [-0.05, 0) is 37.1 Å². The fraction of sp³-hybridized carbons (Fsp3) is 0.391. The molecule has 0 unspecified atom stereocenters. The SMILES string of the molecule is COc1cccc(N2CCN(C(=O)[C@H]3CCCN3C3=NS(=O)(=O)c4ccccc43)CC2)c1. The molecule has 2 saturated heterocycles. The van der Waals surface area contributed by atoms with Crippen LogP contribution in [0, 0.1) is 0 Å². The van der Waals surface area contributed by atoms with E-state index in [9.17, 15) is 13.2 Å². The zero-order chi connectivity index (χ0) is 22.3. The van der Waals surface area contributed by atoms with Gasteiger partial charge < -0.3 is 19.4 Å². The Labute approximate surface area is 188 Å². The highest BCUT2D eigenvalue weighted by Gasteiger charge is 2.41. The maximum Gasteiger partial charge on any atom is 0.285 e. The van der Waals surface area contributed by atoms with Crippen LogP contribution < -0.4 is 9.64 Å². The molecule has 3 heterocycles. The standard InChI is InChI=1S/C23H26N4O4S/c1-31-18-7-4-6-17(16-18)25-12-14-26(15-13-25)23(28)20-9-5-11-27(20)22-19-8-2-3-10-21(19)32(29,30)24-22/h2-4,6-8,10,16,20H,5,9,11-15H2,1H3/t20-/m1/s1. The lowest BCUT2D eigenvalue weighted by Crippen LogP contribution is -2.54. The third-order valence-electron chi connectivity index (χ3n) is 6.43. The minimum atomic E-state index is -3.71. The summed E-state index contributed by atoms with van der Waals surface area (Å²) >= 11 is 0. The van der Waals surface area contributed by atoms with E-state index in [0.29, 0.717) is 37.5 Å². The Balaban J connectivity index is 1.30. The van der Waals surface area contributed by atoms with E-state index >= 15 is 0 Å². The van der Waals surface area contributed by atoms with Gasteiger partial charge in [0.2, 0.25) is 5.91 Å². The van der Waals surface area contributed by atoms with E-state index in [1.54, 1.807) is 31.4 Å². The highest BCUT2D eigenvalue weighted by molar-refractivity contribution is 7.90. The van der Waals surface area contributed by atoms with Crippen LogP contribution in [0.25, 0.3) is 0 Å². The number of amides is 1. The molecular weight excluding hydrogens is 428 g/mol. The van der Waals surface area contributed by atoms with Gasteiger partial charge in [0.05, 0.1) is 7.11 Å². The monoisotopic (exact) mass is 454 g/mol. The van der Waals surface area contributed by atoms with Crippen molar-refractivity contribution < 1.29 is 17.9 Å². The van der Waals surface area contributed by atoms with E-state index in [1.165, 1.54) is 0 Å². The number of fused-ring (bicyclic) bond motifs is 1. The lowest BCUT2D eigenvalue weighted by Gasteiger charge is -2.38. The first-order chi connectivity index (χ1) is 15.5. The number of carbonyl (C=O) groups is 1. The van der Waals surface area contributed by atoms with Gasteiger partial charge in [0, 0.05) is 50.0 Å². The molecule has 1 amide bonds. The van der Waals surface area contributed by atoms with Crippen molar-refractivity contribution in [3.05, 3.63) is 54.1 Å². The second-order valence-electron chi connectivity index (χ2n) is 8.25. The second kappa shape index (κ2) is 8.12. The van der Waals surface area contributed by atoms with Gasteiger partial charge in [-0.1, -0.05) is 18.2 Å². The Hall–Kier alpha value is -3.07. The number of benzene rings is 2. The van der Waals surface area contributed by atoms with Crippen molar-refractivity contribution in [1.82, 2.24) is 9.80 Å². The van der Waals surface area contributed by atoms with Crippen molar-refractivity contribution in [2.75, 3.05) is 44.7 Å². The van der Waals surface area contributed by atoms with E-state index in [-0.39, 0.29) is 16.8 Å². The zero-order valence-corrected chi connectivity index (χ0v) is 18.8. The fourth-order valence-corrected chi connectivity index (χ4v) is 5.99. The van der Waals surface area contributed by atoms with Crippen LogP contribution in [0.4, 0.5) is 5.69 Å². The Kier molecular flexibility index (Phi) is 5.28. The van der Waals surface area contributed by atoms with Crippen molar-refractivity contribution >= 4 is 27.5 Å². The van der Waals surface area contributed by atoms with Crippen LogP contribution in [0.1, 0.15) is 18.4 Å². The molecule has 2 aromatic carbocycles. The molecular formula is C23H26N4O4S. The van der Waals surface area contributed by atoms with E-state index in [0.717, 1.165) is 30.9 Å². The van der Waals surface area contributed by atoms with Crippen molar-refractivity contribution in [3.8, 4) is 5.75 Å². The van der Waals surface area contributed by atoms with Crippen molar-refractivity contribution in [2.45, 2.75) is 23.8 Å². The van der Waals surface area contributed by atoms with Crippen LogP contribution in [0.2, 0.25) is 0 Å². The van der Waals surface area contributed by atoms with Gasteiger partial charge >= 0.3 is 0 Å². The normalized spacial score (nSPS) is 22.0. The molecule has 0 spiro atoms. The van der Waals surface area contributed by atoms with E-state index in [4.69, 9.17) is 4.74 Å². The number of amidine groups is 1. The second-order valence-corrected chi connectivity index (χ2v) is 9.82. The van der Waals surface area contributed by atoms with Gasteiger partial charge in [0.15, 0.2) is 5.84 Å². The number of hydrogen-bond acceptors (Lipinski definition) is 6. The molecule has 8 nitrogen and oxygen atoms in total. The molecule has 0 N–H and O–H groups in total. The predicted molar refractivity (Wildman–Crippen MR) is 122 cm³/mol. The Bertz CT molecular complexity index is 1170. The molecule has 0 aliphatic carbocycles. The van der Waals surface area contributed by atoms with Crippen LogP contribution in [0.3, 0.4) is 0 Å². The lowest BCUT2D eigenvalue weighted by molar-refractivity contribution is -0.135. The number of methoxy groups -OCH3 is 1. The molecule has 3 aliphatic rings.